The van der Waals surface area contributed by atoms with Crippen LogP contribution in [0.15, 0.2) is 60.4 Å². The zero-order valence-corrected chi connectivity index (χ0v) is 7.30. The number of aliphatic hydroxyl groups excluding tert-OH is 1. The number of hydrogen-bond donors (Lipinski definition) is 2. The molecule has 0 aliphatic heterocycles. The third-order valence-corrected chi connectivity index (χ3v) is 1.53. The fraction of sp³-hybridized carbons (Fsp3) is 0.0909. The Labute approximate surface area is 78.1 Å². The van der Waals surface area contributed by atoms with E-state index in [9.17, 15) is 5.11 Å². The van der Waals surface area contributed by atoms with Gasteiger partial charge in [0.05, 0.1) is 0 Å². The van der Waals surface area contributed by atoms with Gasteiger partial charge in [-0.25, -0.2) is 0 Å². The molecule has 0 aromatic heterocycles. The maximum Gasteiger partial charge on any atom is 0.115 e. The number of allylic oxidation sites excluding steroid dienone is 7. The molecule has 0 spiro atoms. The van der Waals surface area contributed by atoms with Gasteiger partial charge in [-0.2, -0.15) is 0 Å². The molecular formula is C11H13NO. The summed E-state index contributed by atoms with van der Waals surface area (Å²) >= 11 is 0. The highest BCUT2D eigenvalue weighted by atomic mass is 16.3. The van der Waals surface area contributed by atoms with E-state index in [0.29, 0.717) is 0 Å². The SMILES string of the molecule is N[C@H]1C=C\C=C/C=C(O)\C=C/C=C\1. The predicted molar refractivity (Wildman–Crippen MR) is 55.2 cm³/mol. The van der Waals surface area contributed by atoms with Crippen molar-refractivity contribution < 1.29 is 5.11 Å². The number of hydrogen-bond acceptors (Lipinski definition) is 2. The lowest BCUT2D eigenvalue weighted by Crippen LogP contribution is -2.12. The first-order valence-electron chi connectivity index (χ1n) is 4.13. The Balaban J connectivity index is 2.81. The monoisotopic (exact) mass is 175 g/mol. The summed E-state index contributed by atoms with van der Waals surface area (Å²) in [4.78, 5) is 0. The van der Waals surface area contributed by atoms with E-state index in [2.05, 4.69) is 0 Å². The first-order chi connectivity index (χ1) is 6.29. The van der Waals surface area contributed by atoms with Gasteiger partial charge in [0.15, 0.2) is 0 Å². The summed E-state index contributed by atoms with van der Waals surface area (Å²) in [7, 11) is 0. The summed E-state index contributed by atoms with van der Waals surface area (Å²) in [6.45, 7) is 0. The van der Waals surface area contributed by atoms with Crippen LogP contribution in [0.3, 0.4) is 0 Å². The van der Waals surface area contributed by atoms with Gasteiger partial charge in [0.25, 0.3) is 0 Å². The second kappa shape index (κ2) is 5.17. The van der Waals surface area contributed by atoms with Crippen molar-refractivity contribution in [3.05, 3.63) is 60.4 Å². The molecule has 0 aromatic carbocycles. The largest absolute Gasteiger partial charge is 0.508 e. The predicted octanol–water partition coefficient (Wildman–Crippen LogP) is 1.99. The summed E-state index contributed by atoms with van der Waals surface area (Å²) in [6.07, 6.45) is 15.9. The molecule has 68 valence electrons. The maximum absolute atomic E-state index is 9.22. The van der Waals surface area contributed by atoms with E-state index in [4.69, 9.17) is 5.73 Å². The Morgan fingerprint density at radius 3 is 2.46 bits per heavy atom. The van der Waals surface area contributed by atoms with Crippen molar-refractivity contribution in [1.82, 2.24) is 0 Å². The number of rotatable bonds is 0. The highest BCUT2D eigenvalue weighted by Crippen LogP contribution is 1.96. The molecule has 1 rings (SSSR count). The minimum atomic E-state index is -0.0745. The van der Waals surface area contributed by atoms with E-state index >= 15 is 0 Å². The van der Waals surface area contributed by atoms with Crippen molar-refractivity contribution in [3.8, 4) is 0 Å². The summed E-state index contributed by atoms with van der Waals surface area (Å²) in [5.74, 6) is 0.227. The van der Waals surface area contributed by atoms with Crippen LogP contribution >= 0.6 is 0 Å². The second-order valence-electron chi connectivity index (χ2n) is 2.68. The lowest BCUT2D eigenvalue weighted by molar-refractivity contribution is 0.432. The molecule has 1 aliphatic rings. The van der Waals surface area contributed by atoms with Gasteiger partial charge in [-0.3, -0.25) is 0 Å². The van der Waals surface area contributed by atoms with Crippen molar-refractivity contribution >= 4 is 0 Å². The third kappa shape index (κ3) is 4.13. The van der Waals surface area contributed by atoms with Crippen LogP contribution in [-0.4, -0.2) is 11.1 Å². The van der Waals surface area contributed by atoms with Crippen molar-refractivity contribution in [2.75, 3.05) is 0 Å². The fourth-order valence-corrected chi connectivity index (χ4v) is 0.877. The number of aliphatic hydroxyl groups is 1. The average Bonchev–Trinajstić information content (AvgIpc) is 2.14. The summed E-state index contributed by atoms with van der Waals surface area (Å²) in [5.41, 5.74) is 5.69. The molecule has 0 amide bonds. The summed E-state index contributed by atoms with van der Waals surface area (Å²) in [5, 5.41) is 9.22. The molecule has 1 atom stereocenters. The standard InChI is InChI=1S/C11H13NO/c12-10-6-2-1-3-8-11(13)9-5-4-7-10/h1-10,13H,12H2/b3-1-,6-2?,7-4-,9-5-,11-8+/t10-/m0/s1. The zero-order chi connectivity index (χ0) is 9.52. The van der Waals surface area contributed by atoms with Gasteiger partial charge in [0.1, 0.15) is 5.76 Å². The Morgan fingerprint density at radius 1 is 1.00 bits per heavy atom. The molecule has 0 aromatic rings. The van der Waals surface area contributed by atoms with Crippen molar-refractivity contribution in [2.45, 2.75) is 6.04 Å². The minimum Gasteiger partial charge on any atom is -0.508 e. The molecule has 2 nitrogen and oxygen atoms in total. The highest BCUT2D eigenvalue weighted by molar-refractivity contribution is 5.25. The smallest absolute Gasteiger partial charge is 0.115 e. The summed E-state index contributed by atoms with van der Waals surface area (Å²) < 4.78 is 0. The van der Waals surface area contributed by atoms with Crippen molar-refractivity contribution in [3.63, 3.8) is 0 Å². The molecule has 0 saturated carbocycles. The van der Waals surface area contributed by atoms with Gasteiger partial charge in [-0.1, -0.05) is 42.5 Å². The van der Waals surface area contributed by atoms with E-state index in [0.717, 1.165) is 0 Å². The average molecular weight is 175 g/mol. The molecule has 0 saturated heterocycles. The van der Waals surface area contributed by atoms with Gasteiger partial charge in [-0.05, 0) is 12.2 Å². The van der Waals surface area contributed by atoms with E-state index in [-0.39, 0.29) is 11.8 Å². The molecule has 0 radical (unpaired) electrons. The van der Waals surface area contributed by atoms with Crippen LogP contribution in [-0.2, 0) is 0 Å². The van der Waals surface area contributed by atoms with Gasteiger partial charge in [0.2, 0.25) is 0 Å². The molecule has 13 heavy (non-hydrogen) atoms. The van der Waals surface area contributed by atoms with Crippen LogP contribution in [0, 0.1) is 0 Å². The minimum absolute atomic E-state index is 0.0745. The second-order valence-corrected chi connectivity index (χ2v) is 2.68. The quantitative estimate of drug-likeness (QED) is 0.591. The first-order valence-corrected chi connectivity index (χ1v) is 4.13. The Bertz CT molecular complexity index is 295. The molecule has 0 unspecified atom stereocenters. The van der Waals surface area contributed by atoms with Crippen LogP contribution in [0.25, 0.3) is 0 Å². The Kier molecular flexibility index (Phi) is 3.79. The molecule has 0 fully saturated rings. The molecule has 0 bridgehead atoms. The maximum atomic E-state index is 9.22. The Morgan fingerprint density at radius 2 is 1.69 bits per heavy atom. The summed E-state index contributed by atoms with van der Waals surface area (Å²) in [6, 6.07) is -0.0745. The molecule has 2 heteroatoms. The lowest BCUT2D eigenvalue weighted by Gasteiger charge is -1.94. The van der Waals surface area contributed by atoms with E-state index in [1.807, 2.05) is 30.4 Å². The van der Waals surface area contributed by atoms with Crippen LogP contribution in [0.4, 0.5) is 0 Å². The fourth-order valence-electron chi connectivity index (χ4n) is 0.877. The van der Waals surface area contributed by atoms with Crippen LogP contribution in [0.2, 0.25) is 0 Å². The molecule has 3 N–H and O–H groups in total. The van der Waals surface area contributed by atoms with Gasteiger partial charge >= 0.3 is 0 Å². The topological polar surface area (TPSA) is 46.2 Å². The van der Waals surface area contributed by atoms with Crippen molar-refractivity contribution in [1.29, 1.82) is 0 Å². The lowest BCUT2D eigenvalue weighted by atomic mass is 10.2. The van der Waals surface area contributed by atoms with E-state index in [1.165, 1.54) is 0 Å². The highest BCUT2D eigenvalue weighted by Gasteiger charge is 1.87. The van der Waals surface area contributed by atoms with Gasteiger partial charge < -0.3 is 10.8 Å². The van der Waals surface area contributed by atoms with E-state index < -0.39 is 0 Å². The van der Waals surface area contributed by atoms with Crippen molar-refractivity contribution in [2.24, 2.45) is 5.73 Å². The van der Waals surface area contributed by atoms with Crippen LogP contribution in [0.5, 0.6) is 0 Å². The molecular weight excluding hydrogens is 162 g/mol. The van der Waals surface area contributed by atoms with Gasteiger partial charge in [-0.15, -0.1) is 0 Å². The van der Waals surface area contributed by atoms with Crippen LogP contribution < -0.4 is 5.73 Å². The van der Waals surface area contributed by atoms with Gasteiger partial charge in [0, 0.05) is 6.04 Å². The Hall–Kier alpha value is -1.54. The normalized spacial score (nSPS) is 33.9. The third-order valence-electron chi connectivity index (χ3n) is 1.53. The van der Waals surface area contributed by atoms with E-state index in [1.54, 1.807) is 24.3 Å². The zero-order valence-electron chi connectivity index (χ0n) is 7.30. The first kappa shape index (κ1) is 9.55. The number of nitrogens with two attached hydrogens (primary N) is 1. The molecule has 0 heterocycles. The van der Waals surface area contributed by atoms with Crippen LogP contribution in [0.1, 0.15) is 0 Å². The molecule has 1 aliphatic carbocycles.